The summed E-state index contributed by atoms with van der Waals surface area (Å²) >= 11 is 0. The molecular weight excluding hydrogens is 246 g/mol. The van der Waals surface area contributed by atoms with Gasteiger partial charge in [-0.25, -0.2) is 9.97 Å². The Morgan fingerprint density at radius 2 is 1.90 bits per heavy atom. The zero-order valence-corrected chi connectivity index (χ0v) is 12.4. The molecule has 0 spiro atoms. The monoisotopic (exact) mass is 267 g/mol. The van der Waals surface area contributed by atoms with E-state index in [1.165, 1.54) is 24.0 Å². The summed E-state index contributed by atoms with van der Waals surface area (Å²) in [5.41, 5.74) is 3.68. The number of hydrogen-bond acceptors (Lipinski definition) is 3. The van der Waals surface area contributed by atoms with Crippen molar-refractivity contribution in [2.45, 2.75) is 38.5 Å². The molecule has 1 aliphatic carbocycles. The molecule has 0 amide bonds. The van der Waals surface area contributed by atoms with Crippen molar-refractivity contribution in [2.24, 2.45) is 0 Å². The van der Waals surface area contributed by atoms with E-state index in [9.17, 15) is 0 Å². The standard InChI is InChI=1S/C17H21N3/c1-11(2)15-10-16(18-3)20-17(19-15)14-7-5-4-6-13(14)12-8-9-12/h4-7,10-12H,8-9H2,1-3H3,(H,18,19,20). The molecule has 104 valence electrons. The Labute approximate surface area is 120 Å². The highest BCUT2D eigenvalue weighted by Crippen LogP contribution is 2.43. The van der Waals surface area contributed by atoms with E-state index in [-0.39, 0.29) is 0 Å². The summed E-state index contributed by atoms with van der Waals surface area (Å²) in [6.45, 7) is 4.33. The van der Waals surface area contributed by atoms with Crippen molar-refractivity contribution < 1.29 is 0 Å². The fourth-order valence-corrected chi connectivity index (χ4v) is 2.46. The first kappa shape index (κ1) is 13.1. The molecule has 0 atom stereocenters. The van der Waals surface area contributed by atoms with Crippen molar-refractivity contribution in [2.75, 3.05) is 12.4 Å². The molecule has 3 rings (SSSR count). The van der Waals surface area contributed by atoms with Crippen molar-refractivity contribution in [1.29, 1.82) is 0 Å². The van der Waals surface area contributed by atoms with E-state index in [0.717, 1.165) is 17.3 Å². The van der Waals surface area contributed by atoms with Crippen LogP contribution in [0.15, 0.2) is 30.3 Å². The van der Waals surface area contributed by atoms with Crippen LogP contribution in [-0.2, 0) is 0 Å². The number of nitrogens with zero attached hydrogens (tertiary/aromatic N) is 2. The number of hydrogen-bond donors (Lipinski definition) is 1. The first-order chi connectivity index (χ1) is 9.69. The third-order valence-electron chi connectivity index (χ3n) is 3.81. The van der Waals surface area contributed by atoms with Gasteiger partial charge in [0.05, 0.1) is 0 Å². The van der Waals surface area contributed by atoms with Crippen LogP contribution >= 0.6 is 0 Å². The van der Waals surface area contributed by atoms with Gasteiger partial charge >= 0.3 is 0 Å². The summed E-state index contributed by atoms with van der Waals surface area (Å²) in [6.07, 6.45) is 2.58. The molecule has 20 heavy (non-hydrogen) atoms. The van der Waals surface area contributed by atoms with Gasteiger partial charge in [-0.15, -0.1) is 0 Å². The minimum Gasteiger partial charge on any atom is -0.373 e. The van der Waals surface area contributed by atoms with E-state index < -0.39 is 0 Å². The molecule has 3 nitrogen and oxygen atoms in total. The van der Waals surface area contributed by atoms with E-state index in [2.05, 4.69) is 48.4 Å². The lowest BCUT2D eigenvalue weighted by molar-refractivity contribution is 0.817. The summed E-state index contributed by atoms with van der Waals surface area (Å²) in [5, 5.41) is 3.15. The minimum atomic E-state index is 0.400. The lowest BCUT2D eigenvalue weighted by Crippen LogP contribution is -2.03. The van der Waals surface area contributed by atoms with Crippen LogP contribution in [0, 0.1) is 0 Å². The first-order valence-electron chi connectivity index (χ1n) is 7.35. The van der Waals surface area contributed by atoms with Crippen LogP contribution in [0.3, 0.4) is 0 Å². The molecule has 0 radical (unpaired) electrons. The third kappa shape index (κ3) is 2.53. The molecule has 1 aromatic carbocycles. The maximum Gasteiger partial charge on any atom is 0.162 e. The molecule has 1 aliphatic rings. The Kier molecular flexibility index (Phi) is 3.43. The molecule has 0 unspecified atom stereocenters. The lowest BCUT2D eigenvalue weighted by atomic mass is 10.0. The second kappa shape index (κ2) is 5.23. The summed E-state index contributed by atoms with van der Waals surface area (Å²) < 4.78 is 0. The number of anilines is 1. The normalized spacial score (nSPS) is 14.6. The Bertz CT molecular complexity index is 615. The van der Waals surface area contributed by atoms with Gasteiger partial charge in [0.15, 0.2) is 5.82 Å². The quantitative estimate of drug-likeness (QED) is 0.902. The number of nitrogens with one attached hydrogen (secondary N) is 1. The SMILES string of the molecule is CNc1cc(C(C)C)nc(-c2ccccc2C2CC2)n1. The number of aromatic nitrogens is 2. The number of benzene rings is 1. The topological polar surface area (TPSA) is 37.8 Å². The van der Waals surface area contributed by atoms with E-state index in [4.69, 9.17) is 4.98 Å². The summed E-state index contributed by atoms with van der Waals surface area (Å²) in [7, 11) is 1.91. The molecular formula is C17H21N3. The van der Waals surface area contributed by atoms with Crippen LogP contribution in [0.25, 0.3) is 11.4 Å². The van der Waals surface area contributed by atoms with Crippen LogP contribution in [-0.4, -0.2) is 17.0 Å². The molecule has 2 aromatic rings. The molecule has 0 bridgehead atoms. The van der Waals surface area contributed by atoms with Crippen LogP contribution in [0.2, 0.25) is 0 Å². The van der Waals surface area contributed by atoms with Gasteiger partial charge in [-0.3, -0.25) is 0 Å². The van der Waals surface area contributed by atoms with Gasteiger partial charge in [-0.1, -0.05) is 38.1 Å². The maximum absolute atomic E-state index is 4.77. The molecule has 1 fully saturated rings. The summed E-state index contributed by atoms with van der Waals surface area (Å²) in [6, 6.07) is 10.6. The predicted molar refractivity (Wildman–Crippen MR) is 83.1 cm³/mol. The van der Waals surface area contributed by atoms with Gasteiger partial charge in [-0.05, 0) is 30.2 Å². The molecule has 1 heterocycles. The summed E-state index contributed by atoms with van der Waals surface area (Å²) in [4.78, 5) is 9.42. The van der Waals surface area contributed by atoms with Crippen molar-refractivity contribution in [3.63, 3.8) is 0 Å². The second-order valence-electron chi connectivity index (χ2n) is 5.77. The van der Waals surface area contributed by atoms with Crippen LogP contribution < -0.4 is 5.32 Å². The van der Waals surface area contributed by atoms with Gasteiger partial charge in [0.2, 0.25) is 0 Å². The van der Waals surface area contributed by atoms with E-state index in [1.807, 2.05) is 13.1 Å². The summed E-state index contributed by atoms with van der Waals surface area (Å²) in [5.74, 6) is 2.85. The Morgan fingerprint density at radius 1 is 1.15 bits per heavy atom. The molecule has 1 N–H and O–H groups in total. The van der Waals surface area contributed by atoms with Crippen molar-refractivity contribution in [1.82, 2.24) is 9.97 Å². The zero-order chi connectivity index (χ0) is 14.1. The Morgan fingerprint density at radius 3 is 2.55 bits per heavy atom. The zero-order valence-electron chi connectivity index (χ0n) is 12.4. The maximum atomic E-state index is 4.77. The highest BCUT2D eigenvalue weighted by atomic mass is 15.0. The van der Waals surface area contributed by atoms with Crippen LogP contribution in [0.5, 0.6) is 0 Å². The van der Waals surface area contributed by atoms with Gasteiger partial charge < -0.3 is 5.32 Å². The fraction of sp³-hybridized carbons (Fsp3) is 0.412. The number of rotatable bonds is 4. The van der Waals surface area contributed by atoms with E-state index >= 15 is 0 Å². The van der Waals surface area contributed by atoms with E-state index in [1.54, 1.807) is 0 Å². The average Bonchev–Trinajstić information content (AvgIpc) is 3.31. The largest absolute Gasteiger partial charge is 0.373 e. The molecule has 3 heteroatoms. The second-order valence-corrected chi connectivity index (χ2v) is 5.77. The molecule has 1 saturated carbocycles. The molecule has 0 saturated heterocycles. The predicted octanol–water partition coefficient (Wildman–Crippen LogP) is 4.19. The highest BCUT2D eigenvalue weighted by molar-refractivity contribution is 5.63. The van der Waals surface area contributed by atoms with Gasteiger partial charge in [-0.2, -0.15) is 0 Å². The average molecular weight is 267 g/mol. The fourth-order valence-electron chi connectivity index (χ4n) is 2.46. The third-order valence-corrected chi connectivity index (χ3v) is 3.81. The molecule has 0 aliphatic heterocycles. The Balaban J connectivity index is 2.11. The van der Waals surface area contributed by atoms with Crippen molar-refractivity contribution in [3.8, 4) is 11.4 Å². The van der Waals surface area contributed by atoms with Gasteiger partial charge in [0.25, 0.3) is 0 Å². The van der Waals surface area contributed by atoms with Gasteiger partial charge in [0, 0.05) is 24.4 Å². The van der Waals surface area contributed by atoms with Crippen molar-refractivity contribution in [3.05, 3.63) is 41.6 Å². The Hall–Kier alpha value is -1.90. The lowest BCUT2D eigenvalue weighted by Gasteiger charge is -2.12. The first-order valence-corrected chi connectivity index (χ1v) is 7.35. The smallest absolute Gasteiger partial charge is 0.162 e. The van der Waals surface area contributed by atoms with Crippen molar-refractivity contribution >= 4 is 5.82 Å². The van der Waals surface area contributed by atoms with Crippen LogP contribution in [0.1, 0.15) is 49.8 Å². The van der Waals surface area contributed by atoms with Crippen LogP contribution in [0.4, 0.5) is 5.82 Å². The molecule has 1 aromatic heterocycles. The highest BCUT2D eigenvalue weighted by Gasteiger charge is 2.27. The minimum absolute atomic E-state index is 0.400. The van der Waals surface area contributed by atoms with E-state index in [0.29, 0.717) is 11.8 Å². The van der Waals surface area contributed by atoms with Gasteiger partial charge in [0.1, 0.15) is 5.82 Å².